The smallest absolute Gasteiger partial charge is 0.253 e. The Morgan fingerprint density at radius 3 is 2.46 bits per heavy atom. The fourth-order valence-corrected chi connectivity index (χ4v) is 3.60. The first kappa shape index (κ1) is 19.8. The van der Waals surface area contributed by atoms with E-state index < -0.39 is 6.04 Å². The summed E-state index contributed by atoms with van der Waals surface area (Å²) in [7, 11) is 4.98. The van der Waals surface area contributed by atoms with Gasteiger partial charge in [-0.15, -0.1) is 0 Å². The summed E-state index contributed by atoms with van der Waals surface area (Å²) in [5.41, 5.74) is 2.65. The number of hydrogen-bond acceptors (Lipinski definition) is 3. The van der Waals surface area contributed by atoms with Crippen LogP contribution in [0.4, 0.5) is 10.1 Å². The number of nitrogens with one attached hydrogen (secondary N) is 1. The number of benzene rings is 2. The molecule has 0 unspecified atom stereocenters. The first-order valence-corrected chi connectivity index (χ1v) is 9.17. The van der Waals surface area contributed by atoms with Crippen LogP contribution < -0.4 is 15.0 Å². The molecule has 0 fully saturated rings. The van der Waals surface area contributed by atoms with Crippen molar-refractivity contribution in [1.29, 1.82) is 0 Å². The topological polar surface area (TPSA) is 44.8 Å². The van der Waals surface area contributed by atoms with E-state index in [1.807, 2.05) is 31.2 Å². The molecule has 0 radical (unpaired) electrons. The number of carbonyl (C=O) groups excluding carboxylic acids is 1. The van der Waals surface area contributed by atoms with Crippen LogP contribution in [0.2, 0.25) is 0 Å². The largest absolute Gasteiger partial charge is 0.497 e. The maximum absolute atomic E-state index is 13.8. The Kier molecular flexibility index (Phi) is 5.65. The van der Waals surface area contributed by atoms with E-state index in [0.29, 0.717) is 21.9 Å². The highest BCUT2D eigenvalue weighted by molar-refractivity contribution is 7.80. The summed E-state index contributed by atoms with van der Waals surface area (Å²) in [6.45, 7) is 1.85. The third kappa shape index (κ3) is 3.71. The molecule has 2 aromatic carbocycles. The zero-order chi connectivity index (χ0) is 20.4. The number of ether oxygens (including phenoxy) is 1. The molecule has 1 N–H and O–H groups in total. The number of hydrogen-bond donors (Lipinski definition) is 1. The summed E-state index contributed by atoms with van der Waals surface area (Å²) in [5, 5.41) is 3.64. The van der Waals surface area contributed by atoms with Gasteiger partial charge in [0.15, 0.2) is 5.11 Å². The molecule has 1 heterocycles. The number of halogens is 1. The second-order valence-electron chi connectivity index (χ2n) is 6.67. The SMILES string of the molecule is COc1ccc(N2C(=S)N[C@H](c3cccc(F)c3)C(C(=O)N(C)C)=C2C)cc1. The summed E-state index contributed by atoms with van der Waals surface area (Å²) in [4.78, 5) is 16.3. The van der Waals surface area contributed by atoms with Crippen molar-refractivity contribution in [3.05, 3.63) is 71.2 Å². The van der Waals surface area contributed by atoms with Gasteiger partial charge in [-0.25, -0.2) is 4.39 Å². The van der Waals surface area contributed by atoms with Gasteiger partial charge < -0.3 is 15.0 Å². The minimum absolute atomic E-state index is 0.166. The van der Waals surface area contributed by atoms with Crippen molar-refractivity contribution in [2.24, 2.45) is 0 Å². The highest BCUT2D eigenvalue weighted by Gasteiger charge is 2.35. The van der Waals surface area contributed by atoms with Gasteiger partial charge in [-0.3, -0.25) is 9.69 Å². The molecular formula is C21H22FN3O2S. The predicted molar refractivity (Wildman–Crippen MR) is 112 cm³/mol. The van der Waals surface area contributed by atoms with Gasteiger partial charge in [0, 0.05) is 25.5 Å². The van der Waals surface area contributed by atoms with Crippen LogP contribution in [0.15, 0.2) is 59.8 Å². The molecule has 0 bridgehead atoms. The number of methoxy groups -OCH3 is 1. The second-order valence-corrected chi connectivity index (χ2v) is 7.06. The van der Waals surface area contributed by atoms with Crippen LogP contribution in [-0.4, -0.2) is 37.1 Å². The monoisotopic (exact) mass is 399 g/mol. The molecule has 0 saturated heterocycles. The van der Waals surface area contributed by atoms with Gasteiger partial charge in [0.25, 0.3) is 5.91 Å². The van der Waals surface area contributed by atoms with Crippen molar-refractivity contribution < 1.29 is 13.9 Å². The van der Waals surface area contributed by atoms with E-state index in [1.165, 1.54) is 17.0 Å². The van der Waals surface area contributed by atoms with E-state index in [-0.39, 0.29) is 11.7 Å². The predicted octanol–water partition coefficient (Wildman–Crippen LogP) is 3.63. The maximum atomic E-state index is 13.8. The average Bonchev–Trinajstić information content (AvgIpc) is 2.67. The third-order valence-electron chi connectivity index (χ3n) is 4.63. The molecule has 146 valence electrons. The van der Waals surface area contributed by atoms with Crippen LogP contribution in [0, 0.1) is 5.82 Å². The Hall–Kier alpha value is -2.93. The number of amides is 1. The Balaban J connectivity index is 2.13. The van der Waals surface area contributed by atoms with E-state index in [0.717, 1.165) is 11.4 Å². The number of likely N-dealkylation sites (N-methyl/N-ethyl adjacent to an activating group) is 1. The van der Waals surface area contributed by atoms with Gasteiger partial charge in [-0.2, -0.15) is 0 Å². The standard InChI is InChI=1S/C21H22FN3O2S/c1-13-18(20(26)24(2)3)19(14-6-5-7-15(22)12-14)23-21(28)25(13)16-8-10-17(27-4)11-9-16/h5-12,19H,1-4H3,(H,23,28)/t19-/m1/s1. The molecular weight excluding hydrogens is 377 g/mol. The molecule has 0 spiro atoms. The molecule has 1 atom stereocenters. The lowest BCUT2D eigenvalue weighted by Gasteiger charge is -2.38. The van der Waals surface area contributed by atoms with E-state index in [2.05, 4.69) is 5.32 Å². The molecule has 7 heteroatoms. The summed E-state index contributed by atoms with van der Waals surface area (Å²) >= 11 is 5.59. The molecule has 3 rings (SSSR count). The summed E-state index contributed by atoms with van der Waals surface area (Å²) in [6, 6.07) is 13.1. The fourth-order valence-electron chi connectivity index (χ4n) is 3.24. The lowest BCUT2D eigenvalue weighted by Crippen LogP contribution is -2.49. The average molecular weight is 399 g/mol. The molecule has 1 aliphatic heterocycles. The minimum Gasteiger partial charge on any atom is -0.497 e. The van der Waals surface area contributed by atoms with Gasteiger partial charge in [0.1, 0.15) is 11.6 Å². The zero-order valence-electron chi connectivity index (χ0n) is 16.2. The molecule has 2 aromatic rings. The van der Waals surface area contributed by atoms with Crippen LogP contribution in [0.5, 0.6) is 5.75 Å². The summed E-state index contributed by atoms with van der Waals surface area (Å²) in [5.74, 6) is 0.195. The van der Waals surface area contributed by atoms with Crippen molar-refractivity contribution in [3.8, 4) is 5.75 Å². The zero-order valence-corrected chi connectivity index (χ0v) is 17.0. The number of carbonyl (C=O) groups is 1. The van der Waals surface area contributed by atoms with Crippen LogP contribution in [-0.2, 0) is 4.79 Å². The molecule has 1 aliphatic rings. The summed E-state index contributed by atoms with van der Waals surface area (Å²) < 4.78 is 19.0. The normalized spacial score (nSPS) is 16.7. The minimum atomic E-state index is -0.535. The Bertz CT molecular complexity index is 941. The Labute approximate surface area is 169 Å². The van der Waals surface area contributed by atoms with Gasteiger partial charge >= 0.3 is 0 Å². The van der Waals surface area contributed by atoms with Crippen molar-refractivity contribution in [3.63, 3.8) is 0 Å². The van der Waals surface area contributed by atoms with Gasteiger partial charge in [0.05, 0.1) is 18.7 Å². The lowest BCUT2D eigenvalue weighted by molar-refractivity contribution is -0.125. The molecule has 0 saturated carbocycles. The van der Waals surface area contributed by atoms with Gasteiger partial charge in [-0.05, 0) is 61.1 Å². The van der Waals surface area contributed by atoms with Gasteiger partial charge in [0.2, 0.25) is 0 Å². The molecule has 5 nitrogen and oxygen atoms in total. The first-order chi connectivity index (χ1) is 13.3. The van der Waals surface area contributed by atoms with Crippen molar-refractivity contribution >= 4 is 28.9 Å². The highest BCUT2D eigenvalue weighted by Crippen LogP contribution is 2.35. The number of nitrogens with zero attached hydrogens (tertiary/aromatic N) is 2. The number of thiocarbonyl (C=S) groups is 1. The lowest BCUT2D eigenvalue weighted by atomic mass is 9.93. The number of anilines is 1. The maximum Gasteiger partial charge on any atom is 0.253 e. The molecule has 1 amide bonds. The molecule has 0 aromatic heterocycles. The van der Waals surface area contributed by atoms with E-state index in [1.54, 1.807) is 38.2 Å². The number of rotatable bonds is 4. The van der Waals surface area contributed by atoms with Crippen LogP contribution in [0.1, 0.15) is 18.5 Å². The van der Waals surface area contributed by atoms with E-state index in [4.69, 9.17) is 17.0 Å². The van der Waals surface area contributed by atoms with Gasteiger partial charge in [-0.1, -0.05) is 12.1 Å². The third-order valence-corrected chi connectivity index (χ3v) is 4.93. The Morgan fingerprint density at radius 2 is 1.89 bits per heavy atom. The quantitative estimate of drug-likeness (QED) is 0.796. The van der Waals surface area contributed by atoms with Crippen LogP contribution >= 0.6 is 12.2 Å². The molecule has 0 aliphatic carbocycles. The first-order valence-electron chi connectivity index (χ1n) is 8.76. The van der Waals surface area contributed by atoms with Crippen LogP contribution in [0.3, 0.4) is 0 Å². The van der Waals surface area contributed by atoms with E-state index in [9.17, 15) is 9.18 Å². The second kappa shape index (κ2) is 7.98. The highest BCUT2D eigenvalue weighted by atomic mass is 32.1. The van der Waals surface area contributed by atoms with Crippen molar-refractivity contribution in [2.75, 3.05) is 26.1 Å². The number of allylic oxidation sites excluding steroid dienone is 1. The summed E-state index contributed by atoms with van der Waals surface area (Å²) in [6.07, 6.45) is 0. The fraction of sp³-hybridized carbons (Fsp3) is 0.238. The molecule has 28 heavy (non-hydrogen) atoms. The van der Waals surface area contributed by atoms with Crippen molar-refractivity contribution in [1.82, 2.24) is 10.2 Å². The van der Waals surface area contributed by atoms with Crippen molar-refractivity contribution in [2.45, 2.75) is 13.0 Å². The Morgan fingerprint density at radius 1 is 1.21 bits per heavy atom. The van der Waals surface area contributed by atoms with E-state index >= 15 is 0 Å². The van der Waals surface area contributed by atoms with Crippen LogP contribution in [0.25, 0.3) is 0 Å².